The second-order valence-electron chi connectivity index (χ2n) is 6.80. The van der Waals surface area contributed by atoms with Gasteiger partial charge in [-0.05, 0) is 53.6 Å². The van der Waals surface area contributed by atoms with E-state index in [1.54, 1.807) is 49.6 Å². The number of ether oxygens (including phenoxy) is 2. The van der Waals surface area contributed by atoms with E-state index in [0.29, 0.717) is 39.3 Å². The molecule has 162 valence electrons. The molecule has 1 N–H and O–H groups in total. The van der Waals surface area contributed by atoms with Crippen molar-refractivity contribution in [2.45, 2.75) is 6.61 Å². The van der Waals surface area contributed by atoms with E-state index in [0.717, 1.165) is 10.9 Å². The lowest BCUT2D eigenvalue weighted by Gasteiger charge is -2.11. The molecule has 6 nitrogen and oxygen atoms in total. The third-order valence-electron chi connectivity index (χ3n) is 4.60. The van der Waals surface area contributed by atoms with Crippen molar-refractivity contribution in [2.24, 2.45) is 5.10 Å². The van der Waals surface area contributed by atoms with Crippen LogP contribution in [-0.2, 0) is 6.61 Å². The predicted octanol–water partition coefficient (Wildman–Crippen LogP) is 6.09. The number of nitrogens with zero attached hydrogens (tertiary/aromatic N) is 1. The number of methoxy groups -OCH3 is 1. The van der Waals surface area contributed by atoms with Crippen LogP contribution in [0, 0.1) is 0 Å². The highest BCUT2D eigenvalue weighted by Gasteiger charge is 2.11. The monoisotopic (exact) mass is 468 g/mol. The molecule has 0 saturated heterocycles. The number of furan rings is 1. The first-order chi connectivity index (χ1) is 15.5. The summed E-state index contributed by atoms with van der Waals surface area (Å²) in [5.41, 5.74) is 4.69. The van der Waals surface area contributed by atoms with E-state index < -0.39 is 5.91 Å². The number of hydrazone groups is 1. The van der Waals surface area contributed by atoms with Gasteiger partial charge in [0.1, 0.15) is 12.2 Å². The van der Waals surface area contributed by atoms with Crippen LogP contribution in [-0.4, -0.2) is 19.2 Å². The van der Waals surface area contributed by atoms with Gasteiger partial charge in [-0.15, -0.1) is 0 Å². The van der Waals surface area contributed by atoms with Gasteiger partial charge in [-0.25, -0.2) is 5.43 Å². The molecule has 0 bridgehead atoms. The summed E-state index contributed by atoms with van der Waals surface area (Å²) < 4.78 is 16.8. The second kappa shape index (κ2) is 9.77. The van der Waals surface area contributed by atoms with Crippen molar-refractivity contribution in [3.8, 4) is 11.5 Å². The van der Waals surface area contributed by atoms with E-state index in [2.05, 4.69) is 10.5 Å². The molecule has 0 saturated carbocycles. The molecule has 0 fully saturated rings. The van der Waals surface area contributed by atoms with Gasteiger partial charge in [-0.3, -0.25) is 4.79 Å². The van der Waals surface area contributed by atoms with E-state index in [9.17, 15) is 4.79 Å². The van der Waals surface area contributed by atoms with Crippen LogP contribution in [0.1, 0.15) is 21.7 Å². The highest BCUT2D eigenvalue weighted by atomic mass is 35.5. The third-order valence-corrected chi connectivity index (χ3v) is 5.33. The molecule has 0 radical (unpaired) electrons. The summed E-state index contributed by atoms with van der Waals surface area (Å²) in [6.07, 6.45) is 1.51. The molecule has 0 aliphatic heterocycles. The van der Waals surface area contributed by atoms with Gasteiger partial charge in [0.15, 0.2) is 17.3 Å². The zero-order valence-electron chi connectivity index (χ0n) is 17.0. The molecule has 4 aromatic rings. The van der Waals surface area contributed by atoms with Gasteiger partial charge >= 0.3 is 5.91 Å². The van der Waals surface area contributed by atoms with Gasteiger partial charge in [-0.2, -0.15) is 5.10 Å². The number of rotatable bonds is 7. The van der Waals surface area contributed by atoms with Crippen molar-refractivity contribution in [2.75, 3.05) is 7.11 Å². The molecule has 4 rings (SSSR count). The fourth-order valence-corrected chi connectivity index (χ4v) is 3.31. The normalized spacial score (nSPS) is 11.1. The molecular weight excluding hydrogens is 451 g/mol. The number of amides is 1. The minimum atomic E-state index is -0.439. The minimum absolute atomic E-state index is 0.187. The topological polar surface area (TPSA) is 73.1 Å². The van der Waals surface area contributed by atoms with E-state index in [-0.39, 0.29) is 5.76 Å². The van der Waals surface area contributed by atoms with Crippen LogP contribution in [0.25, 0.3) is 11.0 Å². The Morgan fingerprint density at radius 1 is 1.03 bits per heavy atom. The number of para-hydroxylation sites is 1. The van der Waals surface area contributed by atoms with Gasteiger partial charge in [0.25, 0.3) is 0 Å². The van der Waals surface area contributed by atoms with Crippen LogP contribution in [0.5, 0.6) is 11.5 Å². The summed E-state index contributed by atoms with van der Waals surface area (Å²) in [7, 11) is 1.55. The SMILES string of the molecule is COc1cc(/C=N/NC(=O)c2cc3ccccc3o2)ccc1OCc1ccc(Cl)c(Cl)c1. The molecular formula is C24H18Cl2N2O4. The first kappa shape index (κ1) is 21.7. The van der Waals surface area contributed by atoms with E-state index in [1.807, 2.05) is 24.3 Å². The number of halogens is 2. The number of fused-ring (bicyclic) bond motifs is 1. The van der Waals surface area contributed by atoms with Crippen LogP contribution < -0.4 is 14.9 Å². The Hall–Kier alpha value is -3.48. The number of benzene rings is 3. The minimum Gasteiger partial charge on any atom is -0.493 e. The quantitative estimate of drug-likeness (QED) is 0.263. The first-order valence-corrected chi connectivity index (χ1v) is 10.4. The number of nitrogens with one attached hydrogen (secondary N) is 1. The highest BCUT2D eigenvalue weighted by Crippen LogP contribution is 2.29. The molecule has 0 aliphatic rings. The summed E-state index contributed by atoms with van der Waals surface area (Å²) in [5.74, 6) is 0.831. The van der Waals surface area contributed by atoms with Gasteiger partial charge in [0.05, 0.1) is 23.4 Å². The van der Waals surface area contributed by atoms with Crippen LogP contribution in [0.15, 0.2) is 76.2 Å². The Morgan fingerprint density at radius 2 is 1.88 bits per heavy atom. The number of carbonyl (C=O) groups is 1. The van der Waals surface area contributed by atoms with E-state index in [4.69, 9.17) is 37.1 Å². The summed E-state index contributed by atoms with van der Waals surface area (Å²) in [4.78, 5) is 12.3. The maximum atomic E-state index is 12.3. The maximum absolute atomic E-state index is 12.3. The lowest BCUT2D eigenvalue weighted by Crippen LogP contribution is -2.16. The third kappa shape index (κ3) is 5.04. The van der Waals surface area contributed by atoms with Crippen LogP contribution in [0.3, 0.4) is 0 Å². The molecule has 0 aliphatic carbocycles. The van der Waals surface area contributed by atoms with Crippen LogP contribution >= 0.6 is 23.2 Å². The van der Waals surface area contributed by atoms with Crippen molar-refractivity contribution < 1.29 is 18.7 Å². The van der Waals surface area contributed by atoms with Gasteiger partial charge in [0, 0.05) is 5.39 Å². The molecule has 8 heteroatoms. The standard InChI is InChI=1S/C24H18Cl2N2O4/c1-30-22-11-15(7-9-21(22)31-14-16-6-8-18(25)19(26)10-16)13-27-28-24(29)23-12-17-4-2-3-5-20(17)32-23/h2-13H,14H2,1H3,(H,28,29)/b27-13+. The zero-order valence-corrected chi connectivity index (χ0v) is 18.5. The van der Waals surface area contributed by atoms with Gasteiger partial charge in [-0.1, -0.05) is 47.5 Å². The Morgan fingerprint density at radius 3 is 2.66 bits per heavy atom. The summed E-state index contributed by atoms with van der Waals surface area (Å²) in [6, 6.07) is 19.7. The Kier molecular flexibility index (Phi) is 6.63. The number of hydrogen-bond donors (Lipinski definition) is 1. The summed E-state index contributed by atoms with van der Waals surface area (Å²) in [5, 5.41) is 5.80. The fraction of sp³-hybridized carbons (Fsp3) is 0.0833. The lowest BCUT2D eigenvalue weighted by molar-refractivity contribution is 0.0929. The molecule has 0 atom stereocenters. The number of hydrogen-bond acceptors (Lipinski definition) is 5. The van der Waals surface area contributed by atoms with Crippen molar-refractivity contribution in [1.82, 2.24) is 5.43 Å². The molecule has 1 heterocycles. The largest absolute Gasteiger partial charge is 0.493 e. The Bertz CT molecular complexity index is 1270. The maximum Gasteiger partial charge on any atom is 0.307 e. The zero-order chi connectivity index (χ0) is 22.5. The Labute approximate surface area is 194 Å². The molecule has 0 spiro atoms. The molecule has 3 aromatic carbocycles. The molecule has 32 heavy (non-hydrogen) atoms. The van der Waals surface area contributed by atoms with Crippen LogP contribution in [0.2, 0.25) is 10.0 Å². The van der Waals surface area contributed by atoms with Crippen molar-refractivity contribution >= 4 is 46.3 Å². The smallest absolute Gasteiger partial charge is 0.307 e. The van der Waals surface area contributed by atoms with Gasteiger partial charge < -0.3 is 13.9 Å². The highest BCUT2D eigenvalue weighted by molar-refractivity contribution is 6.42. The van der Waals surface area contributed by atoms with Crippen molar-refractivity contribution in [3.63, 3.8) is 0 Å². The van der Waals surface area contributed by atoms with Crippen molar-refractivity contribution in [1.29, 1.82) is 0 Å². The molecule has 1 amide bonds. The predicted molar refractivity (Wildman–Crippen MR) is 125 cm³/mol. The average Bonchev–Trinajstić information content (AvgIpc) is 3.24. The second-order valence-corrected chi connectivity index (χ2v) is 7.61. The first-order valence-electron chi connectivity index (χ1n) is 9.60. The van der Waals surface area contributed by atoms with E-state index >= 15 is 0 Å². The summed E-state index contributed by atoms with van der Waals surface area (Å²) in [6.45, 7) is 0.300. The lowest BCUT2D eigenvalue weighted by atomic mass is 10.2. The fourth-order valence-electron chi connectivity index (χ4n) is 2.99. The van der Waals surface area contributed by atoms with Crippen molar-refractivity contribution in [3.05, 3.63) is 93.7 Å². The van der Waals surface area contributed by atoms with E-state index in [1.165, 1.54) is 6.21 Å². The van der Waals surface area contributed by atoms with Gasteiger partial charge in [0.2, 0.25) is 0 Å². The molecule has 0 unspecified atom stereocenters. The number of carbonyl (C=O) groups excluding carboxylic acids is 1. The van der Waals surface area contributed by atoms with Crippen LogP contribution in [0.4, 0.5) is 0 Å². The summed E-state index contributed by atoms with van der Waals surface area (Å²) >= 11 is 12.0. The average molecular weight is 469 g/mol. The Balaban J connectivity index is 1.39. The molecule has 1 aromatic heterocycles.